The van der Waals surface area contributed by atoms with E-state index in [-0.39, 0.29) is 36.1 Å². The zero-order valence-electron chi connectivity index (χ0n) is 12.8. The molecule has 2 N–H and O–H groups in total. The zero-order chi connectivity index (χ0) is 15.6. The van der Waals surface area contributed by atoms with Crippen LogP contribution in [-0.2, 0) is 0 Å². The van der Waals surface area contributed by atoms with Crippen molar-refractivity contribution < 1.29 is 9.72 Å². The number of hydrogen-bond donors (Lipinski definition) is 1. The Bertz CT molecular complexity index is 563. The highest BCUT2D eigenvalue weighted by atomic mass is 35.5. The second-order valence-electron chi connectivity index (χ2n) is 5.68. The first-order valence-corrected chi connectivity index (χ1v) is 7.23. The molecule has 1 aromatic rings. The SMILES string of the molecule is Cc1ccc(C(=O)N2CCCCC2C(C)N)cc1[N+](=O)[O-].Cl. The molecule has 0 bridgehead atoms. The van der Waals surface area contributed by atoms with Gasteiger partial charge in [-0.25, -0.2) is 0 Å². The first-order valence-electron chi connectivity index (χ1n) is 7.23. The van der Waals surface area contributed by atoms with Crippen LogP contribution in [0, 0.1) is 17.0 Å². The summed E-state index contributed by atoms with van der Waals surface area (Å²) in [4.78, 5) is 25.0. The van der Waals surface area contributed by atoms with E-state index in [2.05, 4.69) is 0 Å². The van der Waals surface area contributed by atoms with Crippen LogP contribution in [-0.4, -0.2) is 34.4 Å². The molecule has 1 aliphatic heterocycles. The summed E-state index contributed by atoms with van der Waals surface area (Å²) in [6.45, 7) is 4.22. The van der Waals surface area contributed by atoms with Crippen molar-refractivity contribution in [1.82, 2.24) is 4.90 Å². The van der Waals surface area contributed by atoms with Gasteiger partial charge >= 0.3 is 0 Å². The Labute approximate surface area is 136 Å². The van der Waals surface area contributed by atoms with Gasteiger partial charge in [-0.05, 0) is 39.2 Å². The van der Waals surface area contributed by atoms with E-state index in [1.165, 1.54) is 6.07 Å². The van der Waals surface area contributed by atoms with Crippen LogP contribution in [0.2, 0.25) is 0 Å². The first-order chi connectivity index (χ1) is 9.91. The molecule has 2 atom stereocenters. The molecular weight excluding hydrogens is 306 g/mol. The molecule has 0 saturated carbocycles. The number of nitro benzene ring substituents is 1. The minimum atomic E-state index is -0.453. The van der Waals surface area contributed by atoms with Crippen molar-refractivity contribution in [2.24, 2.45) is 5.73 Å². The van der Waals surface area contributed by atoms with Gasteiger partial charge in [0, 0.05) is 35.8 Å². The van der Waals surface area contributed by atoms with Crippen molar-refractivity contribution >= 4 is 24.0 Å². The number of nitrogens with zero attached hydrogens (tertiary/aromatic N) is 2. The van der Waals surface area contributed by atoms with Crippen LogP contribution in [0.3, 0.4) is 0 Å². The summed E-state index contributed by atoms with van der Waals surface area (Å²) in [5.74, 6) is -0.167. The van der Waals surface area contributed by atoms with Gasteiger partial charge in [-0.3, -0.25) is 14.9 Å². The van der Waals surface area contributed by atoms with E-state index < -0.39 is 4.92 Å². The highest BCUT2D eigenvalue weighted by Crippen LogP contribution is 2.24. The second kappa shape index (κ2) is 7.56. The number of carbonyl (C=O) groups excluding carboxylic acids is 1. The molecule has 7 heteroatoms. The lowest BCUT2D eigenvalue weighted by atomic mass is 9.96. The Balaban J connectivity index is 0.00000242. The number of benzene rings is 1. The monoisotopic (exact) mass is 327 g/mol. The third-order valence-electron chi connectivity index (χ3n) is 4.07. The number of likely N-dealkylation sites (tertiary alicyclic amines) is 1. The summed E-state index contributed by atoms with van der Waals surface area (Å²) in [5.41, 5.74) is 6.87. The molecule has 1 aromatic carbocycles. The zero-order valence-corrected chi connectivity index (χ0v) is 13.6. The molecule has 0 aliphatic carbocycles. The lowest BCUT2D eigenvalue weighted by Gasteiger charge is -2.38. The molecule has 122 valence electrons. The quantitative estimate of drug-likeness (QED) is 0.682. The number of rotatable bonds is 3. The summed E-state index contributed by atoms with van der Waals surface area (Å²) >= 11 is 0. The maximum absolute atomic E-state index is 12.6. The topological polar surface area (TPSA) is 89.5 Å². The van der Waals surface area contributed by atoms with Gasteiger partial charge in [0.25, 0.3) is 11.6 Å². The van der Waals surface area contributed by atoms with E-state index in [0.717, 1.165) is 19.3 Å². The molecule has 1 saturated heterocycles. The van der Waals surface area contributed by atoms with Gasteiger partial charge in [0.1, 0.15) is 0 Å². The Kier molecular flexibility index (Phi) is 6.32. The van der Waals surface area contributed by atoms with Gasteiger partial charge in [-0.15, -0.1) is 12.4 Å². The summed E-state index contributed by atoms with van der Waals surface area (Å²) in [6.07, 6.45) is 2.89. The predicted octanol–water partition coefficient (Wildman–Crippen LogP) is 2.67. The van der Waals surface area contributed by atoms with E-state index in [9.17, 15) is 14.9 Å². The van der Waals surface area contributed by atoms with Crippen LogP contribution >= 0.6 is 12.4 Å². The number of nitro groups is 1. The number of aryl methyl sites for hydroxylation is 1. The number of halogens is 1. The molecule has 6 nitrogen and oxygen atoms in total. The van der Waals surface area contributed by atoms with Crippen LogP contribution < -0.4 is 5.73 Å². The average Bonchev–Trinajstić information content (AvgIpc) is 2.46. The Morgan fingerprint density at radius 2 is 2.14 bits per heavy atom. The maximum atomic E-state index is 12.6. The molecule has 2 rings (SSSR count). The minimum Gasteiger partial charge on any atom is -0.334 e. The lowest BCUT2D eigenvalue weighted by Crippen LogP contribution is -2.51. The van der Waals surface area contributed by atoms with Crippen LogP contribution in [0.4, 0.5) is 5.69 Å². The molecule has 0 spiro atoms. The van der Waals surface area contributed by atoms with E-state index in [0.29, 0.717) is 17.7 Å². The first kappa shape index (κ1) is 18.4. The smallest absolute Gasteiger partial charge is 0.273 e. The number of piperidine rings is 1. The fraction of sp³-hybridized carbons (Fsp3) is 0.533. The van der Waals surface area contributed by atoms with Crippen molar-refractivity contribution in [2.45, 2.75) is 45.2 Å². The standard InChI is InChI=1S/C15H21N3O3.ClH/c1-10-6-7-12(9-14(10)18(20)21)15(19)17-8-4-3-5-13(17)11(2)16;/h6-7,9,11,13H,3-5,8,16H2,1-2H3;1H. The maximum Gasteiger partial charge on any atom is 0.273 e. The van der Waals surface area contributed by atoms with E-state index in [1.54, 1.807) is 24.0 Å². The Morgan fingerprint density at radius 1 is 1.45 bits per heavy atom. The molecular formula is C15H22ClN3O3. The Morgan fingerprint density at radius 3 is 2.73 bits per heavy atom. The largest absolute Gasteiger partial charge is 0.334 e. The van der Waals surface area contributed by atoms with Crippen molar-refractivity contribution in [2.75, 3.05) is 6.54 Å². The Hall–Kier alpha value is -1.66. The van der Waals surface area contributed by atoms with Gasteiger partial charge in [0.2, 0.25) is 0 Å². The molecule has 1 fully saturated rings. The summed E-state index contributed by atoms with van der Waals surface area (Å²) in [5, 5.41) is 11.0. The average molecular weight is 328 g/mol. The fourth-order valence-corrected chi connectivity index (χ4v) is 2.86. The normalized spacial score (nSPS) is 19.2. The lowest BCUT2D eigenvalue weighted by molar-refractivity contribution is -0.385. The molecule has 0 aromatic heterocycles. The highest BCUT2D eigenvalue weighted by molar-refractivity contribution is 5.95. The molecule has 2 unspecified atom stereocenters. The van der Waals surface area contributed by atoms with Gasteiger partial charge in [0.15, 0.2) is 0 Å². The summed E-state index contributed by atoms with van der Waals surface area (Å²) < 4.78 is 0. The molecule has 1 aliphatic rings. The van der Waals surface area contributed by atoms with E-state index in [1.807, 2.05) is 6.92 Å². The fourth-order valence-electron chi connectivity index (χ4n) is 2.86. The van der Waals surface area contributed by atoms with Gasteiger partial charge < -0.3 is 10.6 Å². The molecule has 1 amide bonds. The third kappa shape index (κ3) is 3.75. The van der Waals surface area contributed by atoms with Crippen LogP contribution in [0.15, 0.2) is 18.2 Å². The number of amides is 1. The van der Waals surface area contributed by atoms with E-state index in [4.69, 9.17) is 5.73 Å². The number of carbonyl (C=O) groups is 1. The van der Waals surface area contributed by atoms with Crippen molar-refractivity contribution in [3.8, 4) is 0 Å². The predicted molar refractivity (Wildman–Crippen MR) is 87.4 cm³/mol. The van der Waals surface area contributed by atoms with Gasteiger partial charge in [-0.1, -0.05) is 6.07 Å². The van der Waals surface area contributed by atoms with Crippen molar-refractivity contribution in [1.29, 1.82) is 0 Å². The second-order valence-corrected chi connectivity index (χ2v) is 5.68. The molecule has 22 heavy (non-hydrogen) atoms. The van der Waals surface area contributed by atoms with Crippen molar-refractivity contribution in [3.05, 3.63) is 39.4 Å². The number of hydrogen-bond acceptors (Lipinski definition) is 4. The molecule has 0 radical (unpaired) electrons. The van der Waals surface area contributed by atoms with E-state index >= 15 is 0 Å². The third-order valence-corrected chi connectivity index (χ3v) is 4.07. The van der Waals surface area contributed by atoms with Crippen LogP contribution in [0.5, 0.6) is 0 Å². The highest BCUT2D eigenvalue weighted by Gasteiger charge is 2.30. The minimum absolute atomic E-state index is 0. The van der Waals surface area contributed by atoms with Crippen LogP contribution in [0.25, 0.3) is 0 Å². The number of nitrogens with two attached hydrogens (primary N) is 1. The summed E-state index contributed by atoms with van der Waals surface area (Å²) in [7, 11) is 0. The summed E-state index contributed by atoms with van der Waals surface area (Å²) in [6, 6.07) is 4.54. The van der Waals surface area contributed by atoms with Crippen LogP contribution in [0.1, 0.15) is 42.1 Å². The van der Waals surface area contributed by atoms with Gasteiger partial charge in [0.05, 0.1) is 4.92 Å². The van der Waals surface area contributed by atoms with Crippen molar-refractivity contribution in [3.63, 3.8) is 0 Å². The van der Waals surface area contributed by atoms with Gasteiger partial charge in [-0.2, -0.15) is 0 Å². The molecule has 1 heterocycles.